The number of nitrogens with zero attached hydrogens (tertiary/aromatic N) is 1. The highest BCUT2D eigenvalue weighted by atomic mass is 16.5. The third-order valence-corrected chi connectivity index (χ3v) is 3.28. The molecule has 0 bridgehead atoms. The summed E-state index contributed by atoms with van der Waals surface area (Å²) in [6.45, 7) is 2.38. The van der Waals surface area contributed by atoms with Crippen LogP contribution < -0.4 is 27.3 Å². The molecule has 1 rings (SSSR count). The first-order valence-corrected chi connectivity index (χ1v) is 7.19. The van der Waals surface area contributed by atoms with E-state index in [4.69, 9.17) is 21.9 Å². The minimum Gasteiger partial charge on any atom is -0.497 e. The van der Waals surface area contributed by atoms with Gasteiger partial charge in [0, 0.05) is 6.54 Å². The quantitative estimate of drug-likeness (QED) is 0.311. The molecule has 1 amide bonds. The van der Waals surface area contributed by atoms with Gasteiger partial charge in [0.1, 0.15) is 5.75 Å². The van der Waals surface area contributed by atoms with Crippen molar-refractivity contribution in [3.05, 3.63) is 29.8 Å². The lowest BCUT2D eigenvalue weighted by atomic mass is 10.1. The molecule has 0 aromatic heterocycles. The number of aliphatic imine (C=N–C) groups is 1. The van der Waals surface area contributed by atoms with Crippen LogP contribution in [0.15, 0.2) is 29.3 Å². The van der Waals surface area contributed by atoms with Crippen LogP contribution in [0.25, 0.3) is 0 Å². The van der Waals surface area contributed by atoms with Crippen LogP contribution in [0.2, 0.25) is 0 Å². The second-order valence-corrected chi connectivity index (χ2v) is 5.06. The summed E-state index contributed by atoms with van der Waals surface area (Å²) in [5.41, 5.74) is 17.3. The lowest BCUT2D eigenvalue weighted by Crippen LogP contribution is -2.41. The van der Waals surface area contributed by atoms with Gasteiger partial charge < -0.3 is 27.3 Å². The zero-order chi connectivity index (χ0) is 16.5. The van der Waals surface area contributed by atoms with Gasteiger partial charge in [-0.15, -0.1) is 0 Å². The maximum Gasteiger partial charge on any atom is 0.237 e. The number of hydrogen-bond acceptors (Lipinski definition) is 4. The molecule has 7 heteroatoms. The van der Waals surface area contributed by atoms with Gasteiger partial charge in [-0.3, -0.25) is 9.79 Å². The Labute approximate surface area is 130 Å². The predicted molar refractivity (Wildman–Crippen MR) is 87.4 cm³/mol. The van der Waals surface area contributed by atoms with E-state index in [0.29, 0.717) is 19.4 Å². The summed E-state index contributed by atoms with van der Waals surface area (Å²) in [5, 5.41) is 2.89. The first kappa shape index (κ1) is 17.8. The summed E-state index contributed by atoms with van der Waals surface area (Å²) >= 11 is 0. The molecular weight excluding hydrogens is 282 g/mol. The number of hydrogen-bond donors (Lipinski definition) is 4. The van der Waals surface area contributed by atoms with Crippen molar-refractivity contribution in [3.8, 4) is 5.75 Å². The Morgan fingerprint density at radius 1 is 1.32 bits per heavy atom. The van der Waals surface area contributed by atoms with Crippen molar-refractivity contribution < 1.29 is 9.53 Å². The van der Waals surface area contributed by atoms with Gasteiger partial charge in [0.05, 0.1) is 19.2 Å². The molecular formula is C15H25N5O2. The molecule has 0 saturated heterocycles. The molecule has 0 spiro atoms. The van der Waals surface area contributed by atoms with E-state index in [1.165, 1.54) is 0 Å². The van der Waals surface area contributed by atoms with Gasteiger partial charge >= 0.3 is 0 Å². The summed E-state index contributed by atoms with van der Waals surface area (Å²) in [4.78, 5) is 15.9. The number of carbonyl (C=O) groups excluding carboxylic acids is 1. The smallest absolute Gasteiger partial charge is 0.237 e. The van der Waals surface area contributed by atoms with Gasteiger partial charge in [0.25, 0.3) is 0 Å². The maximum absolute atomic E-state index is 12.0. The lowest BCUT2D eigenvalue weighted by Gasteiger charge is -2.18. The molecule has 0 aliphatic heterocycles. The molecule has 122 valence electrons. The van der Waals surface area contributed by atoms with Crippen LogP contribution in [0.3, 0.4) is 0 Å². The Bertz CT molecular complexity index is 497. The van der Waals surface area contributed by atoms with Crippen molar-refractivity contribution in [1.29, 1.82) is 0 Å². The van der Waals surface area contributed by atoms with E-state index in [9.17, 15) is 4.79 Å². The minimum atomic E-state index is -0.574. The van der Waals surface area contributed by atoms with Crippen molar-refractivity contribution in [1.82, 2.24) is 5.32 Å². The Morgan fingerprint density at radius 2 is 1.95 bits per heavy atom. The van der Waals surface area contributed by atoms with Crippen LogP contribution in [0.5, 0.6) is 5.75 Å². The van der Waals surface area contributed by atoms with Gasteiger partial charge in [-0.1, -0.05) is 12.1 Å². The SMILES string of the molecule is COc1ccc(C(C)NC(=O)[C@H](N)CCCN=C(N)N)cc1. The summed E-state index contributed by atoms with van der Waals surface area (Å²) in [6, 6.07) is 6.83. The molecule has 1 unspecified atom stereocenters. The third kappa shape index (κ3) is 6.01. The highest BCUT2D eigenvalue weighted by Crippen LogP contribution is 2.17. The van der Waals surface area contributed by atoms with Gasteiger partial charge in [-0.25, -0.2) is 0 Å². The van der Waals surface area contributed by atoms with E-state index >= 15 is 0 Å². The van der Waals surface area contributed by atoms with E-state index in [2.05, 4.69) is 10.3 Å². The fourth-order valence-corrected chi connectivity index (χ4v) is 1.95. The average molecular weight is 307 g/mol. The van der Waals surface area contributed by atoms with Gasteiger partial charge in [-0.2, -0.15) is 0 Å². The molecule has 0 aliphatic rings. The molecule has 0 heterocycles. The Hall–Kier alpha value is -2.28. The number of rotatable bonds is 8. The molecule has 0 saturated carbocycles. The maximum atomic E-state index is 12.0. The zero-order valence-electron chi connectivity index (χ0n) is 13.1. The molecule has 1 aromatic carbocycles. The van der Waals surface area contributed by atoms with E-state index in [-0.39, 0.29) is 17.9 Å². The van der Waals surface area contributed by atoms with E-state index in [1.807, 2.05) is 31.2 Å². The summed E-state index contributed by atoms with van der Waals surface area (Å²) in [7, 11) is 1.61. The molecule has 0 radical (unpaired) electrons. The van der Waals surface area contributed by atoms with Crippen LogP contribution in [0, 0.1) is 0 Å². The van der Waals surface area contributed by atoms with Crippen molar-refractivity contribution in [2.45, 2.75) is 31.8 Å². The molecule has 2 atom stereocenters. The molecule has 0 aliphatic carbocycles. The predicted octanol–water partition coefficient (Wildman–Crippen LogP) is 0.253. The highest BCUT2D eigenvalue weighted by Gasteiger charge is 2.16. The fraction of sp³-hybridized carbons (Fsp3) is 0.467. The summed E-state index contributed by atoms with van der Waals surface area (Å²) in [6.07, 6.45) is 1.18. The standard InChI is InChI=1S/C15H25N5O2/c1-10(11-5-7-12(22-2)8-6-11)20-14(21)13(16)4-3-9-19-15(17)18/h5-8,10,13H,3-4,9,16H2,1-2H3,(H,20,21)(H4,17,18,19)/t10?,13-/m1/s1. The largest absolute Gasteiger partial charge is 0.497 e. The highest BCUT2D eigenvalue weighted by molar-refractivity contribution is 5.81. The number of methoxy groups -OCH3 is 1. The minimum absolute atomic E-state index is 0.0474. The van der Waals surface area contributed by atoms with E-state index in [0.717, 1.165) is 11.3 Å². The topological polar surface area (TPSA) is 129 Å². The van der Waals surface area contributed by atoms with Crippen LogP contribution in [-0.4, -0.2) is 31.6 Å². The van der Waals surface area contributed by atoms with Crippen LogP contribution in [0.4, 0.5) is 0 Å². The van der Waals surface area contributed by atoms with Crippen molar-refractivity contribution >= 4 is 11.9 Å². The second-order valence-electron chi connectivity index (χ2n) is 5.06. The number of amides is 1. The number of benzene rings is 1. The van der Waals surface area contributed by atoms with Gasteiger partial charge in [0.15, 0.2) is 5.96 Å². The number of carbonyl (C=O) groups is 1. The average Bonchev–Trinajstić information content (AvgIpc) is 2.51. The zero-order valence-corrected chi connectivity index (χ0v) is 13.1. The number of nitrogens with two attached hydrogens (primary N) is 3. The van der Waals surface area contributed by atoms with E-state index < -0.39 is 6.04 Å². The second kappa shape index (κ2) is 8.89. The molecule has 7 N–H and O–H groups in total. The summed E-state index contributed by atoms with van der Waals surface area (Å²) in [5.74, 6) is 0.637. The van der Waals surface area contributed by atoms with Crippen LogP contribution in [-0.2, 0) is 4.79 Å². The third-order valence-electron chi connectivity index (χ3n) is 3.28. The van der Waals surface area contributed by atoms with E-state index in [1.54, 1.807) is 7.11 Å². The fourth-order valence-electron chi connectivity index (χ4n) is 1.95. The lowest BCUT2D eigenvalue weighted by molar-refractivity contribution is -0.123. The van der Waals surface area contributed by atoms with Crippen molar-refractivity contribution in [2.75, 3.05) is 13.7 Å². The first-order chi connectivity index (χ1) is 10.4. The van der Waals surface area contributed by atoms with Gasteiger partial charge in [-0.05, 0) is 37.5 Å². The molecule has 7 nitrogen and oxygen atoms in total. The van der Waals surface area contributed by atoms with Crippen LogP contribution in [0.1, 0.15) is 31.4 Å². The summed E-state index contributed by atoms with van der Waals surface area (Å²) < 4.78 is 5.10. The molecule has 0 fully saturated rings. The molecule has 22 heavy (non-hydrogen) atoms. The monoisotopic (exact) mass is 307 g/mol. The van der Waals surface area contributed by atoms with Crippen molar-refractivity contribution in [2.24, 2.45) is 22.2 Å². The number of nitrogens with one attached hydrogen (secondary N) is 1. The molecule has 1 aromatic rings. The Kier molecular flexibility index (Phi) is 7.18. The number of guanidine groups is 1. The number of ether oxygens (including phenoxy) is 1. The Balaban J connectivity index is 2.43. The first-order valence-electron chi connectivity index (χ1n) is 7.19. The van der Waals surface area contributed by atoms with Crippen LogP contribution >= 0.6 is 0 Å². The van der Waals surface area contributed by atoms with Gasteiger partial charge in [0.2, 0.25) is 5.91 Å². The Morgan fingerprint density at radius 3 is 2.50 bits per heavy atom. The van der Waals surface area contributed by atoms with Crippen molar-refractivity contribution in [3.63, 3.8) is 0 Å². The normalized spacial score (nSPS) is 13.0.